The van der Waals surface area contributed by atoms with Gasteiger partial charge in [-0.3, -0.25) is 9.79 Å². The van der Waals surface area contributed by atoms with Crippen molar-refractivity contribution in [3.63, 3.8) is 0 Å². The summed E-state index contributed by atoms with van der Waals surface area (Å²) in [4.78, 5) is 18.6. The third-order valence-corrected chi connectivity index (χ3v) is 5.30. The minimum absolute atomic E-state index is 0. The molecule has 6 nitrogen and oxygen atoms in total. The number of carbonyl (C=O) groups is 1. The van der Waals surface area contributed by atoms with Crippen LogP contribution in [0, 0.1) is 5.41 Å². The van der Waals surface area contributed by atoms with Gasteiger partial charge in [0.1, 0.15) is 0 Å². The number of hydrogen-bond donors (Lipinski definition) is 2. The number of furan rings is 1. The van der Waals surface area contributed by atoms with Crippen LogP contribution in [0.2, 0.25) is 0 Å². The van der Waals surface area contributed by atoms with E-state index in [1.807, 2.05) is 7.05 Å². The number of aliphatic imine (C=N–C) groups is 1. The molecule has 1 saturated carbocycles. The van der Waals surface area contributed by atoms with E-state index in [9.17, 15) is 4.79 Å². The van der Waals surface area contributed by atoms with Crippen molar-refractivity contribution in [1.29, 1.82) is 0 Å². The van der Waals surface area contributed by atoms with Crippen LogP contribution in [-0.4, -0.2) is 50.0 Å². The van der Waals surface area contributed by atoms with Crippen molar-refractivity contribution in [3.05, 3.63) is 24.2 Å². The van der Waals surface area contributed by atoms with Gasteiger partial charge in [-0.25, -0.2) is 0 Å². The molecule has 7 heteroatoms. The van der Waals surface area contributed by atoms with Crippen LogP contribution in [0.15, 0.2) is 27.8 Å². The van der Waals surface area contributed by atoms with Crippen LogP contribution in [0.5, 0.6) is 0 Å². The van der Waals surface area contributed by atoms with Crippen LogP contribution >= 0.6 is 24.0 Å². The number of rotatable bonds is 4. The van der Waals surface area contributed by atoms with Crippen molar-refractivity contribution in [1.82, 2.24) is 15.5 Å². The minimum Gasteiger partial charge on any atom is -0.459 e. The predicted molar refractivity (Wildman–Crippen MR) is 110 cm³/mol. The van der Waals surface area contributed by atoms with Gasteiger partial charge in [0.15, 0.2) is 11.7 Å². The van der Waals surface area contributed by atoms with Gasteiger partial charge in [0.05, 0.1) is 6.26 Å². The maximum atomic E-state index is 11.8. The molecule has 2 N–H and O–H groups in total. The molecule has 0 unspecified atom stereocenters. The van der Waals surface area contributed by atoms with Crippen molar-refractivity contribution in [2.75, 3.05) is 33.2 Å². The van der Waals surface area contributed by atoms with E-state index >= 15 is 0 Å². The molecular formula is C18H29IN4O2. The van der Waals surface area contributed by atoms with E-state index in [2.05, 4.69) is 20.5 Å². The monoisotopic (exact) mass is 460 g/mol. The number of amides is 1. The molecule has 1 aliphatic carbocycles. The maximum Gasteiger partial charge on any atom is 0.287 e. The molecular weight excluding hydrogens is 431 g/mol. The summed E-state index contributed by atoms with van der Waals surface area (Å²) in [5.74, 6) is 1.11. The van der Waals surface area contributed by atoms with E-state index in [-0.39, 0.29) is 29.9 Å². The normalized spacial score (nSPS) is 19.6. The first-order valence-corrected chi connectivity index (χ1v) is 9.00. The summed E-state index contributed by atoms with van der Waals surface area (Å²) in [7, 11) is 1.83. The number of hydrogen-bond acceptors (Lipinski definition) is 3. The predicted octanol–water partition coefficient (Wildman–Crippen LogP) is 2.86. The van der Waals surface area contributed by atoms with E-state index in [0.29, 0.717) is 24.3 Å². The molecule has 1 spiro atoms. The van der Waals surface area contributed by atoms with Gasteiger partial charge in [-0.1, -0.05) is 19.3 Å². The van der Waals surface area contributed by atoms with Crippen molar-refractivity contribution in [2.24, 2.45) is 10.4 Å². The van der Waals surface area contributed by atoms with Crippen LogP contribution < -0.4 is 10.6 Å². The summed E-state index contributed by atoms with van der Waals surface area (Å²) in [6.45, 7) is 3.39. The summed E-state index contributed by atoms with van der Waals surface area (Å²) in [5.41, 5.74) is 0.517. The van der Waals surface area contributed by atoms with Crippen LogP contribution in [0.25, 0.3) is 0 Å². The Balaban J connectivity index is 0.00000225. The fraction of sp³-hybridized carbons (Fsp3) is 0.667. The molecule has 2 aliphatic rings. The lowest BCUT2D eigenvalue weighted by Crippen LogP contribution is -2.44. The number of likely N-dealkylation sites (tertiary alicyclic amines) is 1. The van der Waals surface area contributed by atoms with Gasteiger partial charge in [-0.2, -0.15) is 0 Å². The first kappa shape index (κ1) is 20.1. The Hall–Kier alpha value is -1.25. The molecule has 1 aromatic rings. The lowest BCUT2D eigenvalue weighted by molar-refractivity contribution is 0.0926. The van der Waals surface area contributed by atoms with E-state index in [4.69, 9.17) is 4.42 Å². The van der Waals surface area contributed by atoms with Crippen LogP contribution in [0.3, 0.4) is 0 Å². The Morgan fingerprint density at radius 2 is 2.00 bits per heavy atom. The van der Waals surface area contributed by atoms with Gasteiger partial charge in [0, 0.05) is 33.2 Å². The highest BCUT2D eigenvalue weighted by Gasteiger charge is 2.39. The number of guanidine groups is 1. The van der Waals surface area contributed by atoms with Gasteiger partial charge in [0.2, 0.25) is 0 Å². The second-order valence-corrected chi connectivity index (χ2v) is 6.94. The highest BCUT2D eigenvalue weighted by atomic mass is 127. The Kier molecular flexibility index (Phi) is 7.58. The molecule has 140 valence electrons. The molecule has 3 rings (SSSR count). The van der Waals surface area contributed by atoms with Crippen molar-refractivity contribution in [3.8, 4) is 0 Å². The second-order valence-electron chi connectivity index (χ2n) is 6.94. The fourth-order valence-corrected chi connectivity index (χ4v) is 4.00. The standard InChI is InChI=1S/C18H28N4O2.HI/c1-19-17(21-11-10-20-16(23)15-6-5-13-24-15)22-12-9-18(14-22)7-3-2-4-8-18;/h5-6,13H,2-4,7-12,14H2,1H3,(H,19,21)(H,20,23);1H. The molecule has 25 heavy (non-hydrogen) atoms. The molecule has 2 heterocycles. The molecule has 0 bridgehead atoms. The first-order valence-electron chi connectivity index (χ1n) is 9.00. The molecule has 1 amide bonds. The Bertz CT molecular complexity index is 568. The zero-order valence-electron chi connectivity index (χ0n) is 14.9. The van der Waals surface area contributed by atoms with Gasteiger partial charge in [-0.05, 0) is 36.8 Å². The van der Waals surface area contributed by atoms with Crippen molar-refractivity contribution >= 4 is 35.8 Å². The highest BCUT2D eigenvalue weighted by Crippen LogP contribution is 2.43. The summed E-state index contributed by atoms with van der Waals surface area (Å²) < 4.78 is 5.08. The third kappa shape index (κ3) is 5.12. The highest BCUT2D eigenvalue weighted by molar-refractivity contribution is 14.0. The van der Waals surface area contributed by atoms with E-state index in [0.717, 1.165) is 19.0 Å². The quantitative estimate of drug-likeness (QED) is 0.314. The van der Waals surface area contributed by atoms with Gasteiger partial charge < -0.3 is 20.0 Å². The molecule has 1 saturated heterocycles. The lowest BCUT2D eigenvalue weighted by Gasteiger charge is -2.33. The summed E-state index contributed by atoms with van der Waals surface area (Å²) in [6, 6.07) is 3.37. The van der Waals surface area contributed by atoms with E-state index < -0.39 is 0 Å². The van der Waals surface area contributed by atoms with Gasteiger partial charge in [0.25, 0.3) is 5.91 Å². The van der Waals surface area contributed by atoms with Crippen LogP contribution in [0.1, 0.15) is 49.1 Å². The Morgan fingerprint density at radius 1 is 1.24 bits per heavy atom. The SMILES string of the molecule is CN=C(NCCNC(=O)c1ccco1)N1CCC2(CCCCC2)C1.I. The molecule has 1 aliphatic heterocycles. The Morgan fingerprint density at radius 3 is 2.68 bits per heavy atom. The van der Waals surface area contributed by atoms with Crippen molar-refractivity contribution < 1.29 is 9.21 Å². The fourth-order valence-electron chi connectivity index (χ4n) is 4.00. The molecule has 1 aromatic heterocycles. The van der Waals surface area contributed by atoms with E-state index in [1.54, 1.807) is 12.1 Å². The third-order valence-electron chi connectivity index (χ3n) is 5.30. The number of nitrogens with zero attached hydrogens (tertiary/aromatic N) is 2. The van der Waals surface area contributed by atoms with Crippen molar-refractivity contribution in [2.45, 2.75) is 38.5 Å². The lowest BCUT2D eigenvalue weighted by atomic mass is 9.73. The number of halogens is 1. The molecule has 0 radical (unpaired) electrons. The first-order chi connectivity index (χ1) is 11.7. The largest absolute Gasteiger partial charge is 0.459 e. The topological polar surface area (TPSA) is 69.9 Å². The summed E-state index contributed by atoms with van der Waals surface area (Å²) in [6.07, 6.45) is 9.65. The second kappa shape index (κ2) is 9.45. The average Bonchev–Trinajstić information content (AvgIpc) is 3.26. The zero-order chi connectivity index (χ0) is 16.8. The molecule has 0 atom stereocenters. The zero-order valence-corrected chi connectivity index (χ0v) is 17.3. The van der Waals surface area contributed by atoms with Crippen LogP contribution in [0.4, 0.5) is 0 Å². The maximum absolute atomic E-state index is 11.8. The summed E-state index contributed by atoms with van der Waals surface area (Å²) in [5, 5.41) is 6.21. The number of nitrogens with one attached hydrogen (secondary N) is 2. The van der Waals surface area contributed by atoms with Crippen LogP contribution in [-0.2, 0) is 0 Å². The minimum atomic E-state index is -0.181. The van der Waals surface area contributed by atoms with Gasteiger partial charge >= 0.3 is 0 Å². The number of carbonyl (C=O) groups excluding carboxylic acids is 1. The smallest absolute Gasteiger partial charge is 0.287 e. The molecule has 2 fully saturated rings. The Labute approximate surface area is 166 Å². The van der Waals surface area contributed by atoms with Gasteiger partial charge in [-0.15, -0.1) is 24.0 Å². The summed E-state index contributed by atoms with van der Waals surface area (Å²) >= 11 is 0. The average molecular weight is 460 g/mol. The molecule has 0 aromatic carbocycles. The van der Waals surface area contributed by atoms with E-state index in [1.165, 1.54) is 44.8 Å².